The number of likely N-dealkylation sites (tertiary alicyclic amines) is 1. The van der Waals surface area contributed by atoms with Crippen LogP contribution in [0.1, 0.15) is 45.4 Å². The van der Waals surface area contributed by atoms with Crippen LogP contribution in [-0.2, 0) is 22.6 Å². The first kappa shape index (κ1) is 17.3. The third-order valence-corrected chi connectivity index (χ3v) is 5.30. The number of carboxylic acid groups (broad SMARTS) is 1. The molecule has 1 atom stereocenters. The topological polar surface area (TPSA) is 93.4 Å². The third kappa shape index (κ3) is 4.10. The quantitative estimate of drug-likeness (QED) is 0.833. The zero-order valence-corrected chi connectivity index (χ0v) is 14.5. The number of hydrogen-bond donors (Lipinski definition) is 1. The fourth-order valence-corrected chi connectivity index (χ4v) is 3.94. The summed E-state index contributed by atoms with van der Waals surface area (Å²) in [6, 6.07) is 0. The first-order chi connectivity index (χ1) is 11.4. The highest BCUT2D eigenvalue weighted by Crippen LogP contribution is 2.35. The van der Waals surface area contributed by atoms with E-state index in [2.05, 4.69) is 34.3 Å². The van der Waals surface area contributed by atoms with Gasteiger partial charge in [-0.15, -0.1) is 5.10 Å². The number of tetrazole rings is 1. The van der Waals surface area contributed by atoms with E-state index in [0.717, 1.165) is 51.4 Å². The standard InChI is InChI=1S/C16H27N5O3/c1-16(2)8-13(7-15(22)23)9-20(16)11-14-17-18-19-21(14)10-12-3-5-24-6-4-12/h12-13H,3-11H2,1-2H3,(H,22,23). The predicted octanol–water partition coefficient (Wildman–Crippen LogP) is 1.17. The maximum atomic E-state index is 11.0. The molecule has 2 fully saturated rings. The number of nitrogens with zero attached hydrogens (tertiary/aromatic N) is 5. The summed E-state index contributed by atoms with van der Waals surface area (Å²) in [5.41, 5.74) is -0.0322. The van der Waals surface area contributed by atoms with E-state index in [4.69, 9.17) is 9.84 Å². The number of hydrogen-bond acceptors (Lipinski definition) is 6. The molecule has 2 aliphatic heterocycles. The van der Waals surface area contributed by atoms with Crippen LogP contribution >= 0.6 is 0 Å². The molecule has 3 heterocycles. The van der Waals surface area contributed by atoms with Crippen molar-refractivity contribution >= 4 is 5.97 Å². The van der Waals surface area contributed by atoms with Gasteiger partial charge in [0.25, 0.3) is 0 Å². The molecule has 1 N–H and O–H groups in total. The summed E-state index contributed by atoms with van der Waals surface area (Å²) in [6.07, 6.45) is 3.22. The average molecular weight is 337 g/mol. The zero-order valence-electron chi connectivity index (χ0n) is 14.5. The van der Waals surface area contributed by atoms with Crippen molar-refractivity contribution in [2.45, 2.75) is 58.2 Å². The number of carboxylic acids is 1. The molecule has 0 bridgehead atoms. The third-order valence-electron chi connectivity index (χ3n) is 5.30. The molecule has 0 amide bonds. The lowest BCUT2D eigenvalue weighted by molar-refractivity contribution is -0.138. The lowest BCUT2D eigenvalue weighted by atomic mass is 9.94. The fraction of sp³-hybridized carbons (Fsp3) is 0.875. The molecule has 0 spiro atoms. The van der Waals surface area contributed by atoms with Gasteiger partial charge in [0, 0.05) is 38.3 Å². The first-order valence-electron chi connectivity index (χ1n) is 8.73. The number of rotatable bonds is 6. The summed E-state index contributed by atoms with van der Waals surface area (Å²) in [6.45, 7) is 8.25. The van der Waals surface area contributed by atoms with E-state index in [0.29, 0.717) is 12.5 Å². The van der Waals surface area contributed by atoms with E-state index in [1.807, 2.05) is 4.68 Å². The Kier molecular flexibility index (Phi) is 5.15. The zero-order chi connectivity index (χ0) is 17.2. The molecule has 8 heteroatoms. The summed E-state index contributed by atoms with van der Waals surface area (Å²) in [7, 11) is 0. The van der Waals surface area contributed by atoms with Crippen LogP contribution in [0.25, 0.3) is 0 Å². The maximum Gasteiger partial charge on any atom is 0.303 e. The Labute approximate surface area is 142 Å². The molecule has 1 aromatic heterocycles. The number of ether oxygens (including phenoxy) is 1. The lowest BCUT2D eigenvalue weighted by Crippen LogP contribution is -2.38. The molecule has 2 aliphatic rings. The molecule has 3 rings (SSSR count). The molecular weight excluding hydrogens is 310 g/mol. The second kappa shape index (κ2) is 7.14. The van der Waals surface area contributed by atoms with Crippen molar-refractivity contribution in [1.82, 2.24) is 25.1 Å². The van der Waals surface area contributed by atoms with Crippen molar-refractivity contribution in [3.05, 3.63) is 5.82 Å². The molecule has 0 aromatic carbocycles. The van der Waals surface area contributed by atoms with Gasteiger partial charge >= 0.3 is 5.97 Å². The molecule has 1 unspecified atom stereocenters. The Morgan fingerprint density at radius 1 is 1.33 bits per heavy atom. The molecule has 1 aromatic rings. The molecule has 134 valence electrons. The van der Waals surface area contributed by atoms with Gasteiger partial charge in [0.15, 0.2) is 5.82 Å². The largest absolute Gasteiger partial charge is 0.481 e. The van der Waals surface area contributed by atoms with Crippen LogP contribution in [0.4, 0.5) is 0 Å². The van der Waals surface area contributed by atoms with Gasteiger partial charge in [0.2, 0.25) is 0 Å². The van der Waals surface area contributed by atoms with Crippen LogP contribution in [-0.4, -0.2) is 61.5 Å². The maximum absolute atomic E-state index is 11.0. The normalized spacial score (nSPS) is 25.2. The summed E-state index contributed by atoms with van der Waals surface area (Å²) < 4.78 is 7.32. The molecule has 24 heavy (non-hydrogen) atoms. The van der Waals surface area contributed by atoms with Crippen LogP contribution in [0.5, 0.6) is 0 Å². The van der Waals surface area contributed by atoms with E-state index in [1.165, 1.54) is 0 Å². The Bertz CT molecular complexity index is 568. The van der Waals surface area contributed by atoms with Crippen LogP contribution in [0.3, 0.4) is 0 Å². The minimum absolute atomic E-state index is 0.0322. The van der Waals surface area contributed by atoms with Gasteiger partial charge in [-0.05, 0) is 55.4 Å². The van der Waals surface area contributed by atoms with E-state index >= 15 is 0 Å². The van der Waals surface area contributed by atoms with Gasteiger partial charge in [-0.1, -0.05) is 0 Å². The van der Waals surface area contributed by atoms with Crippen molar-refractivity contribution in [3.63, 3.8) is 0 Å². The van der Waals surface area contributed by atoms with E-state index in [-0.39, 0.29) is 17.9 Å². The average Bonchev–Trinajstić information content (AvgIpc) is 3.04. The smallest absolute Gasteiger partial charge is 0.303 e. The summed E-state index contributed by atoms with van der Waals surface area (Å²) in [4.78, 5) is 13.3. The highest BCUT2D eigenvalue weighted by atomic mass is 16.5. The molecule has 0 aliphatic carbocycles. The SMILES string of the molecule is CC1(C)CC(CC(=O)O)CN1Cc1nnnn1CC1CCOCC1. The van der Waals surface area contributed by atoms with E-state index in [1.54, 1.807) is 0 Å². The molecular formula is C16H27N5O3. The Balaban J connectivity index is 1.63. The number of carbonyl (C=O) groups is 1. The highest BCUT2D eigenvalue weighted by molar-refractivity contribution is 5.67. The monoisotopic (exact) mass is 337 g/mol. The van der Waals surface area contributed by atoms with Crippen molar-refractivity contribution in [2.75, 3.05) is 19.8 Å². The summed E-state index contributed by atoms with van der Waals surface area (Å²) in [5, 5.41) is 21.3. The highest BCUT2D eigenvalue weighted by Gasteiger charge is 2.39. The number of aromatic nitrogens is 4. The van der Waals surface area contributed by atoms with Crippen LogP contribution in [0, 0.1) is 11.8 Å². The molecule has 2 saturated heterocycles. The van der Waals surface area contributed by atoms with Gasteiger partial charge in [-0.3, -0.25) is 9.69 Å². The Morgan fingerprint density at radius 3 is 2.79 bits per heavy atom. The van der Waals surface area contributed by atoms with Crippen molar-refractivity contribution in [1.29, 1.82) is 0 Å². The predicted molar refractivity (Wildman–Crippen MR) is 86.2 cm³/mol. The molecule has 8 nitrogen and oxygen atoms in total. The van der Waals surface area contributed by atoms with Gasteiger partial charge in [0.1, 0.15) is 0 Å². The van der Waals surface area contributed by atoms with Gasteiger partial charge in [-0.25, -0.2) is 4.68 Å². The van der Waals surface area contributed by atoms with Gasteiger partial charge < -0.3 is 9.84 Å². The second-order valence-electron chi connectivity index (χ2n) is 7.69. The first-order valence-corrected chi connectivity index (χ1v) is 8.73. The fourth-order valence-electron chi connectivity index (χ4n) is 3.94. The van der Waals surface area contributed by atoms with Crippen LogP contribution < -0.4 is 0 Å². The molecule has 0 saturated carbocycles. The van der Waals surface area contributed by atoms with Crippen LogP contribution in [0.15, 0.2) is 0 Å². The Morgan fingerprint density at radius 2 is 2.08 bits per heavy atom. The van der Waals surface area contributed by atoms with E-state index in [9.17, 15) is 4.79 Å². The molecule has 0 radical (unpaired) electrons. The number of aliphatic carboxylic acids is 1. The summed E-state index contributed by atoms with van der Waals surface area (Å²) >= 11 is 0. The van der Waals surface area contributed by atoms with Crippen LogP contribution in [0.2, 0.25) is 0 Å². The minimum Gasteiger partial charge on any atom is -0.481 e. The second-order valence-corrected chi connectivity index (χ2v) is 7.69. The van der Waals surface area contributed by atoms with E-state index < -0.39 is 5.97 Å². The Hall–Kier alpha value is -1.54. The van der Waals surface area contributed by atoms with Crippen molar-refractivity contribution in [2.24, 2.45) is 11.8 Å². The van der Waals surface area contributed by atoms with Crippen molar-refractivity contribution < 1.29 is 14.6 Å². The van der Waals surface area contributed by atoms with Gasteiger partial charge in [-0.2, -0.15) is 0 Å². The van der Waals surface area contributed by atoms with Crippen molar-refractivity contribution in [3.8, 4) is 0 Å². The van der Waals surface area contributed by atoms with Gasteiger partial charge in [0.05, 0.1) is 6.54 Å². The minimum atomic E-state index is -0.720. The lowest BCUT2D eigenvalue weighted by Gasteiger charge is -2.31. The summed E-state index contributed by atoms with van der Waals surface area (Å²) in [5.74, 6) is 0.900.